The Bertz CT molecular complexity index is 1500. The largest absolute Gasteiger partial charge is 0.376 e. The number of anilines is 1. The predicted octanol–water partition coefficient (Wildman–Crippen LogP) is 3.28. The van der Waals surface area contributed by atoms with Crippen molar-refractivity contribution in [1.29, 1.82) is 5.26 Å². The van der Waals surface area contributed by atoms with Crippen molar-refractivity contribution in [2.75, 3.05) is 24.5 Å². The average Bonchev–Trinajstić information content (AvgIpc) is 3.48. The van der Waals surface area contributed by atoms with E-state index >= 15 is 4.39 Å². The summed E-state index contributed by atoms with van der Waals surface area (Å²) in [7, 11) is 1.72. The number of hydrogen-bond acceptors (Lipinski definition) is 7. The first-order chi connectivity index (χ1) is 17.3. The Hall–Kier alpha value is -3.90. The first-order valence-electron chi connectivity index (χ1n) is 12.2. The minimum atomic E-state index is -1.67. The van der Waals surface area contributed by atoms with Crippen molar-refractivity contribution in [3.8, 4) is 6.07 Å². The van der Waals surface area contributed by atoms with Crippen LogP contribution in [0.2, 0.25) is 0 Å². The maximum atomic E-state index is 15.4. The van der Waals surface area contributed by atoms with Crippen LogP contribution in [0.3, 0.4) is 0 Å². The molecule has 0 spiro atoms. The molecule has 0 bridgehead atoms. The molecular weight excluding hydrogens is 459 g/mol. The Balaban J connectivity index is 1.19. The lowest BCUT2D eigenvalue weighted by Gasteiger charge is -2.45. The van der Waals surface area contributed by atoms with Crippen LogP contribution >= 0.6 is 0 Å². The Morgan fingerprint density at radius 1 is 1.28 bits per heavy atom. The van der Waals surface area contributed by atoms with Crippen LogP contribution in [0.1, 0.15) is 26.0 Å². The minimum absolute atomic E-state index is 0.107. The summed E-state index contributed by atoms with van der Waals surface area (Å²) in [5.41, 5.74) is 4.38. The van der Waals surface area contributed by atoms with Crippen molar-refractivity contribution < 1.29 is 9.23 Å². The topological polar surface area (TPSA) is 77.6 Å². The molecule has 0 aromatic carbocycles. The maximum absolute atomic E-state index is 15.4. The molecule has 3 atom stereocenters. The zero-order valence-electron chi connectivity index (χ0n) is 20.5. The molecule has 9 heteroatoms. The Morgan fingerprint density at radius 2 is 2.11 bits per heavy atom. The van der Waals surface area contributed by atoms with Crippen molar-refractivity contribution in [3.63, 3.8) is 0 Å². The highest BCUT2D eigenvalue weighted by Gasteiger charge is 2.42. The molecule has 2 aliphatic carbocycles. The molecule has 0 amide bonds. The molecule has 0 saturated carbocycles. The highest BCUT2D eigenvalue weighted by molar-refractivity contribution is 5.89. The first-order valence-corrected chi connectivity index (χ1v) is 12.2. The second-order valence-electron chi connectivity index (χ2n) is 10.0. The van der Waals surface area contributed by atoms with Gasteiger partial charge in [0.2, 0.25) is 5.79 Å². The van der Waals surface area contributed by atoms with Crippen LogP contribution in [0, 0.1) is 11.3 Å². The standard InChI is InChI=1S/C27H27FN6O2/c1-17-14-33(23-11-25(35)31(3)22-5-4-21(12-29)30-26(22)23)18(2)13-32(17)15-19-6-8-27(28,9-7-19)34-16-20-10-24(20)36-34/h4-8,10-11,16-18H,9,13-15H2,1-3H3/t17-,18+,27?/m1/s1. The van der Waals surface area contributed by atoms with Gasteiger partial charge in [-0.15, -0.1) is 0 Å². The summed E-state index contributed by atoms with van der Waals surface area (Å²) in [6.07, 6.45) is 9.20. The quantitative estimate of drug-likeness (QED) is 0.614. The third-order valence-electron chi connectivity index (χ3n) is 7.50. The van der Waals surface area contributed by atoms with Gasteiger partial charge in [0, 0.05) is 56.8 Å². The van der Waals surface area contributed by atoms with Gasteiger partial charge in [0.25, 0.3) is 5.56 Å². The van der Waals surface area contributed by atoms with E-state index in [2.05, 4.69) is 34.7 Å². The van der Waals surface area contributed by atoms with E-state index in [4.69, 9.17) is 4.84 Å². The summed E-state index contributed by atoms with van der Waals surface area (Å²) in [5, 5.41) is 10.7. The fourth-order valence-corrected chi connectivity index (χ4v) is 5.23. The number of nitriles is 1. The van der Waals surface area contributed by atoms with Gasteiger partial charge in [0.05, 0.1) is 17.4 Å². The molecule has 6 rings (SSSR count). The van der Waals surface area contributed by atoms with E-state index < -0.39 is 5.79 Å². The molecule has 0 N–H and O–H groups in total. The molecule has 8 nitrogen and oxygen atoms in total. The molecule has 2 aliphatic heterocycles. The predicted molar refractivity (Wildman–Crippen MR) is 134 cm³/mol. The van der Waals surface area contributed by atoms with E-state index in [0.717, 1.165) is 29.1 Å². The zero-order chi connectivity index (χ0) is 25.2. The number of halogens is 1. The molecule has 2 aromatic rings. The number of aromatic nitrogens is 2. The lowest BCUT2D eigenvalue weighted by Crippen LogP contribution is -2.57. The average molecular weight is 487 g/mol. The number of allylic oxidation sites excluding steroid dienone is 2. The normalized spacial score (nSPS) is 27.2. The van der Waals surface area contributed by atoms with Gasteiger partial charge in [-0.25, -0.2) is 9.37 Å². The van der Waals surface area contributed by atoms with Crippen molar-refractivity contribution >= 4 is 16.7 Å². The fourth-order valence-electron chi connectivity index (χ4n) is 5.23. The minimum Gasteiger partial charge on any atom is -0.376 e. The maximum Gasteiger partial charge on any atom is 0.252 e. The molecule has 4 heterocycles. The Morgan fingerprint density at radius 3 is 2.81 bits per heavy atom. The van der Waals surface area contributed by atoms with E-state index in [-0.39, 0.29) is 24.1 Å². The Kier molecular flexibility index (Phi) is 5.05. The van der Waals surface area contributed by atoms with Crippen LogP contribution in [0.5, 0.6) is 0 Å². The first kappa shape index (κ1) is 22.6. The molecule has 4 aliphatic rings. The SMILES string of the molecule is C[C@@H]1CN(c2cc(=O)n(C)c3ccc(C#N)nc23)[C@@H](C)CN1CC1=CCC(F)(N2C=C3C=C3O2)C=C1. The fraction of sp³-hybridized carbons (Fsp3) is 0.370. The van der Waals surface area contributed by atoms with E-state index in [0.29, 0.717) is 29.8 Å². The summed E-state index contributed by atoms with van der Waals surface area (Å²) in [6, 6.07) is 7.45. The molecule has 36 heavy (non-hydrogen) atoms. The van der Waals surface area contributed by atoms with Crippen LogP contribution in [0.4, 0.5) is 10.1 Å². The van der Waals surface area contributed by atoms with Gasteiger partial charge in [0.15, 0.2) is 5.76 Å². The number of fused-ring (bicyclic) bond motifs is 2. The van der Waals surface area contributed by atoms with E-state index in [1.165, 1.54) is 5.06 Å². The summed E-state index contributed by atoms with van der Waals surface area (Å²) >= 11 is 0. The number of aryl methyl sites for hydroxylation is 1. The second-order valence-corrected chi connectivity index (χ2v) is 10.0. The number of nitrogens with zero attached hydrogens (tertiary/aromatic N) is 6. The molecule has 184 valence electrons. The molecule has 1 unspecified atom stereocenters. The van der Waals surface area contributed by atoms with Gasteiger partial charge in [-0.1, -0.05) is 12.2 Å². The third-order valence-corrected chi connectivity index (χ3v) is 7.50. The van der Waals surface area contributed by atoms with Crippen LogP contribution in [0.25, 0.3) is 11.0 Å². The zero-order valence-corrected chi connectivity index (χ0v) is 20.5. The van der Waals surface area contributed by atoms with Gasteiger partial charge < -0.3 is 14.3 Å². The van der Waals surface area contributed by atoms with Gasteiger partial charge in [0.1, 0.15) is 17.3 Å². The van der Waals surface area contributed by atoms with E-state index in [1.54, 1.807) is 42.1 Å². The summed E-state index contributed by atoms with van der Waals surface area (Å²) in [4.78, 5) is 27.3. The summed E-state index contributed by atoms with van der Waals surface area (Å²) < 4.78 is 16.9. The molecular formula is C27H27FN6O2. The second kappa shape index (κ2) is 8.07. The van der Waals surface area contributed by atoms with Gasteiger partial charge in [-0.05, 0) is 43.7 Å². The van der Waals surface area contributed by atoms with Crippen molar-refractivity contribution in [2.45, 2.75) is 38.1 Å². The lowest BCUT2D eigenvalue weighted by molar-refractivity contribution is -0.168. The monoisotopic (exact) mass is 486 g/mol. The highest BCUT2D eigenvalue weighted by atomic mass is 19.1. The van der Waals surface area contributed by atoms with Gasteiger partial charge >= 0.3 is 0 Å². The van der Waals surface area contributed by atoms with Crippen LogP contribution < -0.4 is 10.5 Å². The van der Waals surface area contributed by atoms with Crippen molar-refractivity contribution in [2.24, 2.45) is 7.05 Å². The number of pyridine rings is 2. The number of piperazine rings is 1. The van der Waals surface area contributed by atoms with E-state index in [1.807, 2.05) is 18.2 Å². The highest BCUT2D eigenvalue weighted by Crippen LogP contribution is 2.42. The van der Waals surface area contributed by atoms with Crippen LogP contribution in [0.15, 0.2) is 70.4 Å². The van der Waals surface area contributed by atoms with Crippen molar-refractivity contribution in [1.82, 2.24) is 19.5 Å². The van der Waals surface area contributed by atoms with E-state index in [9.17, 15) is 10.1 Å². The molecule has 2 aromatic heterocycles. The number of hydroxylamine groups is 2. The third kappa shape index (κ3) is 3.69. The van der Waals surface area contributed by atoms with Crippen LogP contribution in [-0.4, -0.2) is 57.0 Å². The molecule has 1 fully saturated rings. The van der Waals surface area contributed by atoms with Gasteiger partial charge in [-0.3, -0.25) is 9.69 Å². The number of hydrogen-bond donors (Lipinski definition) is 0. The number of alkyl halides is 1. The molecule has 1 saturated heterocycles. The van der Waals surface area contributed by atoms with Gasteiger partial charge in [-0.2, -0.15) is 10.3 Å². The van der Waals surface area contributed by atoms with Crippen LogP contribution in [-0.2, 0) is 11.9 Å². The van der Waals surface area contributed by atoms with Crippen molar-refractivity contribution in [3.05, 3.63) is 81.7 Å². The summed E-state index contributed by atoms with van der Waals surface area (Å²) in [6.45, 7) is 6.49. The molecule has 0 radical (unpaired) electrons. The summed E-state index contributed by atoms with van der Waals surface area (Å²) in [5.74, 6) is -0.919. The smallest absolute Gasteiger partial charge is 0.252 e. The Labute approximate surface area is 208 Å². The lowest BCUT2D eigenvalue weighted by atomic mass is 9.98. The number of rotatable bonds is 4.